The van der Waals surface area contributed by atoms with Crippen LogP contribution in [0.2, 0.25) is 0 Å². The van der Waals surface area contributed by atoms with Gasteiger partial charge in [0.15, 0.2) is 11.5 Å². The fraction of sp³-hybridized carbons (Fsp3) is 0.250. The number of aryl methyl sites for hydroxylation is 1. The summed E-state index contributed by atoms with van der Waals surface area (Å²) in [6, 6.07) is 10.4. The van der Waals surface area contributed by atoms with Gasteiger partial charge < -0.3 is 14.2 Å². The lowest BCUT2D eigenvalue weighted by molar-refractivity contribution is 0.174. The summed E-state index contributed by atoms with van der Waals surface area (Å²) in [6.07, 6.45) is 1.79. The van der Waals surface area contributed by atoms with Crippen molar-refractivity contribution in [3.8, 4) is 23.0 Å². The first-order chi connectivity index (χ1) is 13.2. The third-order valence-electron chi connectivity index (χ3n) is 4.90. The first-order valence-electron chi connectivity index (χ1n) is 8.74. The molecule has 0 spiro atoms. The van der Waals surface area contributed by atoms with E-state index < -0.39 is 0 Å². The highest BCUT2D eigenvalue weighted by Gasteiger charge is 2.24. The summed E-state index contributed by atoms with van der Waals surface area (Å²) >= 11 is 0. The quantitative estimate of drug-likeness (QED) is 0.693. The molecule has 3 heterocycles. The molecule has 0 saturated carbocycles. The van der Waals surface area contributed by atoms with Crippen molar-refractivity contribution < 1.29 is 18.6 Å². The molecular formula is C20H18FN3O3. The summed E-state index contributed by atoms with van der Waals surface area (Å²) in [4.78, 5) is 2.28. The molecule has 7 heteroatoms. The molecule has 0 fully saturated rings. The van der Waals surface area contributed by atoms with Gasteiger partial charge in [0.1, 0.15) is 17.3 Å². The Morgan fingerprint density at radius 2 is 1.74 bits per heavy atom. The number of benzene rings is 2. The normalized spacial score (nSPS) is 15.5. The van der Waals surface area contributed by atoms with Crippen molar-refractivity contribution in [2.75, 3.05) is 6.79 Å². The highest BCUT2D eigenvalue weighted by Crippen LogP contribution is 2.42. The van der Waals surface area contributed by atoms with E-state index in [1.165, 1.54) is 12.1 Å². The molecule has 6 nitrogen and oxygen atoms in total. The van der Waals surface area contributed by atoms with E-state index in [2.05, 4.69) is 10.00 Å². The molecular weight excluding hydrogens is 349 g/mol. The topological polar surface area (TPSA) is 48.8 Å². The van der Waals surface area contributed by atoms with E-state index in [-0.39, 0.29) is 12.6 Å². The smallest absolute Gasteiger partial charge is 0.231 e. The monoisotopic (exact) mass is 367 g/mol. The van der Waals surface area contributed by atoms with Crippen LogP contribution in [0.3, 0.4) is 0 Å². The third kappa shape index (κ3) is 3.00. The number of aromatic nitrogens is 2. The maximum absolute atomic E-state index is 13.8. The van der Waals surface area contributed by atoms with Gasteiger partial charge in [0, 0.05) is 56.1 Å². The van der Waals surface area contributed by atoms with Crippen LogP contribution in [0.25, 0.3) is 0 Å². The minimum absolute atomic E-state index is 0.197. The fourth-order valence-electron chi connectivity index (χ4n) is 3.49. The Balaban J connectivity index is 1.58. The standard InChI is InChI=1S/C20H18FN3O3/c1-23-16(4-5-22-23)11-24-9-13-2-3-15(21)7-17(13)27-18-8-20-19(25-12-26-20)6-14(18)10-24/h2-8H,9-12H2,1H3. The molecule has 0 aliphatic carbocycles. The summed E-state index contributed by atoms with van der Waals surface area (Å²) < 4.78 is 32.8. The third-order valence-corrected chi connectivity index (χ3v) is 4.90. The lowest BCUT2D eigenvalue weighted by Gasteiger charge is -2.27. The van der Waals surface area contributed by atoms with Crippen LogP contribution in [0.1, 0.15) is 16.8 Å². The molecule has 2 aromatic carbocycles. The van der Waals surface area contributed by atoms with Crippen molar-refractivity contribution in [3.63, 3.8) is 0 Å². The number of fused-ring (bicyclic) bond motifs is 3. The second kappa shape index (κ2) is 6.28. The van der Waals surface area contributed by atoms with Gasteiger partial charge in [0.25, 0.3) is 0 Å². The van der Waals surface area contributed by atoms with Crippen LogP contribution in [-0.4, -0.2) is 21.5 Å². The largest absolute Gasteiger partial charge is 0.456 e. The van der Waals surface area contributed by atoms with Crippen LogP contribution in [0.5, 0.6) is 23.0 Å². The Kier molecular flexibility index (Phi) is 3.75. The maximum Gasteiger partial charge on any atom is 0.231 e. The zero-order valence-corrected chi connectivity index (χ0v) is 14.8. The molecule has 2 aliphatic heterocycles. The zero-order valence-electron chi connectivity index (χ0n) is 14.8. The molecule has 0 N–H and O–H groups in total. The van der Waals surface area contributed by atoms with E-state index in [1.807, 2.05) is 29.9 Å². The van der Waals surface area contributed by atoms with Crippen LogP contribution < -0.4 is 14.2 Å². The number of ether oxygens (including phenoxy) is 3. The molecule has 2 aliphatic rings. The minimum Gasteiger partial charge on any atom is -0.456 e. The van der Waals surface area contributed by atoms with Crippen LogP contribution in [0.15, 0.2) is 42.6 Å². The van der Waals surface area contributed by atoms with E-state index in [9.17, 15) is 4.39 Å². The predicted molar refractivity (Wildman–Crippen MR) is 95.2 cm³/mol. The molecule has 27 heavy (non-hydrogen) atoms. The van der Waals surface area contributed by atoms with Crippen molar-refractivity contribution in [1.29, 1.82) is 0 Å². The van der Waals surface area contributed by atoms with Crippen molar-refractivity contribution in [3.05, 3.63) is 65.2 Å². The van der Waals surface area contributed by atoms with Gasteiger partial charge in [-0.1, -0.05) is 6.07 Å². The Bertz CT molecular complexity index is 1020. The summed E-state index contributed by atoms with van der Waals surface area (Å²) in [6.45, 7) is 2.20. The average Bonchev–Trinajstić information content (AvgIpc) is 3.24. The molecule has 0 saturated heterocycles. The first kappa shape index (κ1) is 16.1. The predicted octanol–water partition coefficient (Wildman–Crippen LogP) is 3.60. The van der Waals surface area contributed by atoms with Crippen molar-refractivity contribution in [1.82, 2.24) is 14.7 Å². The van der Waals surface area contributed by atoms with Gasteiger partial charge in [-0.05, 0) is 18.2 Å². The second-order valence-electron chi connectivity index (χ2n) is 6.76. The highest BCUT2D eigenvalue weighted by molar-refractivity contribution is 5.54. The van der Waals surface area contributed by atoms with E-state index >= 15 is 0 Å². The van der Waals surface area contributed by atoms with Gasteiger partial charge in [-0.2, -0.15) is 5.10 Å². The number of nitrogens with zero attached hydrogens (tertiary/aromatic N) is 3. The molecule has 0 amide bonds. The molecule has 1 aromatic heterocycles. The van der Waals surface area contributed by atoms with Gasteiger partial charge in [-0.25, -0.2) is 4.39 Å². The Labute approximate surface area is 155 Å². The second-order valence-corrected chi connectivity index (χ2v) is 6.76. The summed E-state index contributed by atoms with van der Waals surface area (Å²) in [5.41, 5.74) is 3.00. The molecule has 0 radical (unpaired) electrons. The van der Waals surface area contributed by atoms with Gasteiger partial charge in [-0.15, -0.1) is 0 Å². The lowest BCUT2D eigenvalue weighted by Crippen LogP contribution is -2.25. The Morgan fingerprint density at radius 1 is 0.963 bits per heavy atom. The number of halogens is 1. The molecule has 0 unspecified atom stereocenters. The van der Waals surface area contributed by atoms with E-state index in [0.29, 0.717) is 42.6 Å². The van der Waals surface area contributed by atoms with Gasteiger partial charge in [0.2, 0.25) is 6.79 Å². The maximum atomic E-state index is 13.8. The lowest BCUT2D eigenvalue weighted by atomic mass is 10.1. The first-order valence-corrected chi connectivity index (χ1v) is 8.74. The van der Waals surface area contributed by atoms with E-state index in [1.54, 1.807) is 12.3 Å². The van der Waals surface area contributed by atoms with Crippen LogP contribution in [-0.2, 0) is 26.7 Å². The summed E-state index contributed by atoms with van der Waals surface area (Å²) in [5.74, 6) is 2.20. The van der Waals surface area contributed by atoms with Crippen molar-refractivity contribution >= 4 is 0 Å². The van der Waals surface area contributed by atoms with Gasteiger partial charge >= 0.3 is 0 Å². The van der Waals surface area contributed by atoms with E-state index in [0.717, 1.165) is 16.8 Å². The average molecular weight is 367 g/mol. The van der Waals surface area contributed by atoms with Crippen molar-refractivity contribution in [2.24, 2.45) is 7.05 Å². The Hall–Kier alpha value is -3.06. The zero-order chi connectivity index (χ0) is 18.4. The van der Waals surface area contributed by atoms with Gasteiger partial charge in [0.05, 0.1) is 5.69 Å². The molecule has 0 atom stereocenters. The minimum atomic E-state index is -0.324. The fourth-order valence-corrected chi connectivity index (χ4v) is 3.49. The van der Waals surface area contributed by atoms with Crippen LogP contribution in [0.4, 0.5) is 4.39 Å². The number of rotatable bonds is 2. The van der Waals surface area contributed by atoms with Gasteiger partial charge in [-0.3, -0.25) is 9.58 Å². The molecule has 3 aromatic rings. The van der Waals surface area contributed by atoms with E-state index in [4.69, 9.17) is 14.2 Å². The number of hydrogen-bond donors (Lipinski definition) is 0. The van der Waals surface area contributed by atoms with Crippen LogP contribution in [0, 0.1) is 5.82 Å². The SMILES string of the molecule is Cn1nccc1CN1Cc2ccc(F)cc2Oc2cc3c(cc2C1)OCO3. The molecule has 0 bridgehead atoms. The van der Waals surface area contributed by atoms with Crippen molar-refractivity contribution in [2.45, 2.75) is 19.6 Å². The summed E-state index contributed by atoms with van der Waals surface area (Å²) in [7, 11) is 1.93. The Morgan fingerprint density at radius 3 is 2.56 bits per heavy atom. The number of hydrogen-bond acceptors (Lipinski definition) is 5. The molecule has 5 rings (SSSR count). The highest BCUT2D eigenvalue weighted by atomic mass is 19.1. The molecule has 138 valence electrons. The van der Waals surface area contributed by atoms with Crippen LogP contribution >= 0.6 is 0 Å². The summed E-state index contributed by atoms with van der Waals surface area (Å²) in [5, 5.41) is 4.25.